The molecule has 1 aromatic carbocycles. The number of hydrogen-bond donors (Lipinski definition) is 1. The van der Waals surface area contributed by atoms with E-state index >= 15 is 0 Å². The number of rotatable bonds is 2. The zero-order chi connectivity index (χ0) is 7.40. The maximum absolute atomic E-state index is 8.88. The molecule has 10 heavy (non-hydrogen) atoms. The predicted octanol–water partition coefficient (Wildman–Crippen LogP) is 0.486. The molecule has 1 N–H and O–H groups in total. The zero-order valence-corrected chi connectivity index (χ0v) is 6.96. The third kappa shape index (κ3) is 1.46. The first-order valence-corrected chi connectivity index (χ1v) is 4.31. The maximum Gasteiger partial charge on any atom is 0.265 e. The van der Waals surface area contributed by atoms with Crippen molar-refractivity contribution in [2.75, 3.05) is 0 Å². The molecule has 0 saturated carbocycles. The summed E-state index contributed by atoms with van der Waals surface area (Å²) in [5.41, 5.74) is 1.25. The number of benzene rings is 1. The lowest BCUT2D eigenvalue weighted by Crippen LogP contribution is -2.17. The van der Waals surface area contributed by atoms with Crippen molar-refractivity contribution in [2.24, 2.45) is 0 Å². The van der Waals surface area contributed by atoms with Gasteiger partial charge in [-0.2, -0.15) is 0 Å². The molecule has 0 bridgehead atoms. The van der Waals surface area contributed by atoms with E-state index in [4.69, 9.17) is 4.80 Å². The fourth-order valence-electron chi connectivity index (χ4n) is 0.938. The molecular weight excluding hydrogens is 140 g/mol. The summed E-state index contributed by atoms with van der Waals surface area (Å²) in [6.45, 7) is 2.10. The molecule has 0 atom stereocenters. The minimum atomic E-state index is -0.0643. The number of aryl methyl sites for hydroxylation is 1. The molecule has 0 aromatic heterocycles. The first kappa shape index (κ1) is 7.50. The van der Waals surface area contributed by atoms with Gasteiger partial charge in [0.2, 0.25) is 0 Å². The first-order chi connectivity index (χ1) is 4.88. The summed E-state index contributed by atoms with van der Waals surface area (Å²) in [7, 11) is -0.0643. The van der Waals surface area contributed by atoms with Crippen LogP contribution in [0, 0.1) is 0 Å². The van der Waals surface area contributed by atoms with Crippen LogP contribution < -0.4 is 5.19 Å². The van der Waals surface area contributed by atoms with Crippen LogP contribution in [0.5, 0.6) is 0 Å². The molecule has 0 aliphatic heterocycles. The highest BCUT2D eigenvalue weighted by atomic mass is 28.2. The Morgan fingerprint density at radius 3 is 2.60 bits per heavy atom. The molecule has 1 rings (SSSR count). The molecule has 0 heterocycles. The van der Waals surface area contributed by atoms with Crippen LogP contribution in [0.3, 0.4) is 0 Å². The lowest BCUT2D eigenvalue weighted by atomic mass is 10.2. The second-order valence-electron chi connectivity index (χ2n) is 2.12. The van der Waals surface area contributed by atoms with Crippen LogP contribution in [0.15, 0.2) is 24.3 Å². The fraction of sp³-hybridized carbons (Fsp3) is 0.250. The van der Waals surface area contributed by atoms with Crippen molar-refractivity contribution in [2.45, 2.75) is 13.3 Å². The Labute approximate surface area is 63.7 Å². The molecular formula is C8H10OSi. The molecule has 0 fully saturated rings. The topological polar surface area (TPSA) is 20.2 Å². The summed E-state index contributed by atoms with van der Waals surface area (Å²) in [6.07, 6.45) is 1.00. The van der Waals surface area contributed by atoms with Gasteiger partial charge < -0.3 is 4.80 Å². The van der Waals surface area contributed by atoms with Gasteiger partial charge in [-0.15, -0.1) is 0 Å². The SMILES string of the molecule is CCc1ccccc1[Si]O. The van der Waals surface area contributed by atoms with Crippen LogP contribution >= 0.6 is 0 Å². The largest absolute Gasteiger partial charge is 0.428 e. The van der Waals surface area contributed by atoms with E-state index in [1.54, 1.807) is 0 Å². The molecule has 0 aliphatic rings. The van der Waals surface area contributed by atoms with E-state index in [0.717, 1.165) is 11.6 Å². The van der Waals surface area contributed by atoms with Crippen LogP contribution in [0.1, 0.15) is 12.5 Å². The summed E-state index contributed by atoms with van der Waals surface area (Å²) < 4.78 is 0. The van der Waals surface area contributed by atoms with Crippen LogP contribution in [-0.2, 0) is 6.42 Å². The van der Waals surface area contributed by atoms with Gasteiger partial charge in [-0.25, -0.2) is 0 Å². The third-order valence-corrected chi connectivity index (χ3v) is 2.25. The fourth-order valence-corrected chi connectivity index (χ4v) is 1.51. The van der Waals surface area contributed by atoms with Gasteiger partial charge in [-0.3, -0.25) is 0 Å². The average molecular weight is 150 g/mol. The molecule has 0 unspecified atom stereocenters. The van der Waals surface area contributed by atoms with Gasteiger partial charge >= 0.3 is 0 Å². The van der Waals surface area contributed by atoms with E-state index in [1.165, 1.54) is 5.56 Å². The monoisotopic (exact) mass is 150 g/mol. The summed E-state index contributed by atoms with van der Waals surface area (Å²) in [5, 5.41) is 1.07. The van der Waals surface area contributed by atoms with E-state index in [2.05, 4.69) is 13.0 Å². The minimum absolute atomic E-state index is 0.0643. The van der Waals surface area contributed by atoms with Crippen molar-refractivity contribution < 1.29 is 4.80 Å². The lowest BCUT2D eigenvalue weighted by Gasteiger charge is -2.00. The smallest absolute Gasteiger partial charge is 0.265 e. The average Bonchev–Trinajstić information content (AvgIpc) is 2.04. The van der Waals surface area contributed by atoms with Gasteiger partial charge in [-0.05, 0) is 17.2 Å². The molecule has 2 heteroatoms. The second kappa shape index (κ2) is 3.54. The van der Waals surface area contributed by atoms with Crippen LogP contribution in [0.25, 0.3) is 0 Å². The number of hydrogen-bond acceptors (Lipinski definition) is 1. The molecule has 52 valence electrons. The Bertz CT molecular complexity index is 187. The van der Waals surface area contributed by atoms with Gasteiger partial charge in [0.05, 0.1) is 0 Å². The Hall–Kier alpha value is -0.603. The highest BCUT2D eigenvalue weighted by Crippen LogP contribution is 1.94. The Balaban J connectivity index is 2.96. The van der Waals surface area contributed by atoms with Crippen LogP contribution in [0.2, 0.25) is 0 Å². The van der Waals surface area contributed by atoms with Crippen molar-refractivity contribution in [3.05, 3.63) is 29.8 Å². The molecule has 0 amide bonds. The van der Waals surface area contributed by atoms with Crippen molar-refractivity contribution >= 4 is 14.9 Å². The summed E-state index contributed by atoms with van der Waals surface area (Å²) in [6, 6.07) is 7.98. The molecule has 1 nitrogen and oxygen atoms in total. The maximum atomic E-state index is 8.88. The lowest BCUT2D eigenvalue weighted by molar-refractivity contribution is 0.615. The van der Waals surface area contributed by atoms with Crippen LogP contribution in [0.4, 0.5) is 0 Å². The second-order valence-corrected chi connectivity index (χ2v) is 2.88. The quantitative estimate of drug-likeness (QED) is 0.608. The highest BCUT2D eigenvalue weighted by molar-refractivity contribution is 6.46. The standard InChI is InChI=1S/C8H10OSi/c1-2-7-5-3-4-6-8(7)10-9/h3-6,9H,2H2,1H3. The highest BCUT2D eigenvalue weighted by Gasteiger charge is 1.97. The van der Waals surface area contributed by atoms with Gasteiger partial charge in [0.15, 0.2) is 0 Å². The van der Waals surface area contributed by atoms with Crippen molar-refractivity contribution in [3.63, 3.8) is 0 Å². The van der Waals surface area contributed by atoms with E-state index in [9.17, 15) is 0 Å². The van der Waals surface area contributed by atoms with Crippen LogP contribution in [-0.4, -0.2) is 14.6 Å². The van der Waals surface area contributed by atoms with E-state index in [-0.39, 0.29) is 9.76 Å². The van der Waals surface area contributed by atoms with E-state index < -0.39 is 0 Å². The minimum Gasteiger partial charge on any atom is -0.428 e. The molecule has 2 radical (unpaired) electrons. The van der Waals surface area contributed by atoms with Crippen molar-refractivity contribution in [1.82, 2.24) is 0 Å². The third-order valence-electron chi connectivity index (χ3n) is 1.52. The Kier molecular flexibility index (Phi) is 2.65. The Morgan fingerprint density at radius 2 is 2.10 bits per heavy atom. The van der Waals surface area contributed by atoms with Gasteiger partial charge in [0.25, 0.3) is 9.76 Å². The van der Waals surface area contributed by atoms with Crippen molar-refractivity contribution in [3.8, 4) is 0 Å². The van der Waals surface area contributed by atoms with Gasteiger partial charge in [0.1, 0.15) is 0 Å². The van der Waals surface area contributed by atoms with Crippen molar-refractivity contribution in [1.29, 1.82) is 0 Å². The summed E-state index contributed by atoms with van der Waals surface area (Å²) in [4.78, 5) is 8.88. The molecule has 0 aliphatic carbocycles. The van der Waals surface area contributed by atoms with Gasteiger partial charge in [0, 0.05) is 0 Å². The van der Waals surface area contributed by atoms with E-state index in [0.29, 0.717) is 0 Å². The predicted molar refractivity (Wildman–Crippen MR) is 43.4 cm³/mol. The van der Waals surface area contributed by atoms with E-state index in [1.807, 2.05) is 18.2 Å². The molecule has 0 spiro atoms. The molecule has 1 aromatic rings. The summed E-state index contributed by atoms with van der Waals surface area (Å²) >= 11 is 0. The first-order valence-electron chi connectivity index (χ1n) is 3.36. The zero-order valence-electron chi connectivity index (χ0n) is 5.96. The normalized spacial score (nSPS) is 9.80. The Morgan fingerprint density at radius 1 is 1.40 bits per heavy atom. The van der Waals surface area contributed by atoms with Gasteiger partial charge in [-0.1, -0.05) is 31.2 Å². The summed E-state index contributed by atoms with van der Waals surface area (Å²) in [5.74, 6) is 0. The molecule has 0 saturated heterocycles.